The Morgan fingerprint density at radius 3 is 1.40 bits per heavy atom. The van der Waals surface area contributed by atoms with Crippen LogP contribution in [0.3, 0.4) is 0 Å². The van der Waals surface area contributed by atoms with Crippen molar-refractivity contribution in [2.24, 2.45) is 0 Å². The normalized spacial score (nSPS) is 10.2. The van der Waals surface area contributed by atoms with Gasteiger partial charge in [0.05, 0.1) is 0 Å². The zero-order chi connectivity index (χ0) is 7.66. The molecular weight excluding hydrogens is 120 g/mol. The second kappa shape index (κ2) is 9.00. The van der Waals surface area contributed by atoms with Gasteiger partial charge in [0.25, 0.3) is 0 Å². The van der Waals surface area contributed by atoms with Crippen LogP contribution in [-0.4, -0.2) is 0 Å². The Bertz CT molecular complexity index is 40.0. The Morgan fingerprint density at radius 1 is 0.700 bits per heavy atom. The zero-order valence-corrected chi connectivity index (χ0v) is 7.40. The quantitative estimate of drug-likeness (QED) is 0.472. The highest BCUT2D eigenvalue weighted by atomic mass is 13.9. The maximum Gasteiger partial charge on any atom is -0.0417 e. The molecule has 0 fully saturated rings. The molecule has 0 amide bonds. The van der Waals surface area contributed by atoms with Gasteiger partial charge in [-0.05, 0) is 12.8 Å². The lowest BCUT2D eigenvalue weighted by Crippen LogP contribution is -1.78. The molecule has 0 rings (SSSR count). The van der Waals surface area contributed by atoms with Gasteiger partial charge in [0.1, 0.15) is 0 Å². The van der Waals surface area contributed by atoms with Crippen LogP contribution in [0.2, 0.25) is 0 Å². The Hall–Kier alpha value is 0. The standard InChI is InChI=1S/C10H20/c1-3-5-7-9-10-8-6-4-2/h3-4H,5-10H2,1-2H3. The molecule has 0 bridgehead atoms. The Kier molecular flexibility index (Phi) is 9.00. The van der Waals surface area contributed by atoms with E-state index in [1.165, 1.54) is 38.5 Å². The second-order valence-electron chi connectivity index (χ2n) is 2.81. The molecule has 60 valence electrons. The van der Waals surface area contributed by atoms with Gasteiger partial charge >= 0.3 is 0 Å². The molecule has 0 aromatic rings. The smallest absolute Gasteiger partial charge is 0.0417 e. The number of hydrogen-bond acceptors (Lipinski definition) is 0. The summed E-state index contributed by atoms with van der Waals surface area (Å²) in [6.45, 7) is 4.28. The van der Waals surface area contributed by atoms with Gasteiger partial charge in [-0.25, -0.2) is 0 Å². The van der Waals surface area contributed by atoms with Gasteiger partial charge in [0.2, 0.25) is 0 Å². The minimum atomic E-state index is 1.30. The molecule has 0 aliphatic carbocycles. The van der Waals surface area contributed by atoms with E-state index in [1.54, 1.807) is 0 Å². The molecular formula is C10H20. The van der Waals surface area contributed by atoms with E-state index in [9.17, 15) is 0 Å². The number of unbranched alkanes of at least 4 members (excludes halogenated alkanes) is 7. The summed E-state index contributed by atoms with van der Waals surface area (Å²) in [5.74, 6) is 0. The molecule has 2 radical (unpaired) electrons. The van der Waals surface area contributed by atoms with Crippen molar-refractivity contribution in [3.8, 4) is 0 Å². The van der Waals surface area contributed by atoms with Gasteiger partial charge in [-0.2, -0.15) is 0 Å². The van der Waals surface area contributed by atoms with Crippen molar-refractivity contribution in [3.63, 3.8) is 0 Å². The molecule has 0 aromatic carbocycles. The third-order valence-electron chi connectivity index (χ3n) is 1.74. The predicted molar refractivity (Wildman–Crippen MR) is 47.7 cm³/mol. The van der Waals surface area contributed by atoms with Crippen LogP contribution >= 0.6 is 0 Å². The van der Waals surface area contributed by atoms with Crippen LogP contribution < -0.4 is 0 Å². The van der Waals surface area contributed by atoms with Crippen LogP contribution in [0, 0.1) is 12.8 Å². The van der Waals surface area contributed by atoms with Crippen molar-refractivity contribution in [1.29, 1.82) is 0 Å². The first-order chi connectivity index (χ1) is 4.91. The largest absolute Gasteiger partial charge is 0.0623 e. The maximum absolute atomic E-state index is 2.26. The molecule has 0 unspecified atom stereocenters. The summed E-state index contributed by atoms with van der Waals surface area (Å²) < 4.78 is 0. The maximum atomic E-state index is 2.26. The Morgan fingerprint density at radius 2 is 1.10 bits per heavy atom. The topological polar surface area (TPSA) is 0 Å². The van der Waals surface area contributed by atoms with Crippen LogP contribution in [0.4, 0.5) is 0 Å². The van der Waals surface area contributed by atoms with Gasteiger partial charge < -0.3 is 0 Å². The Labute approximate surface area is 66.0 Å². The third kappa shape index (κ3) is 8.00. The summed E-state index contributed by atoms with van der Waals surface area (Å²) in [6, 6.07) is 0. The summed E-state index contributed by atoms with van der Waals surface area (Å²) in [4.78, 5) is 0. The monoisotopic (exact) mass is 140 g/mol. The van der Waals surface area contributed by atoms with Crippen molar-refractivity contribution in [2.45, 2.75) is 52.4 Å². The third-order valence-corrected chi connectivity index (χ3v) is 1.74. The molecule has 0 saturated heterocycles. The molecule has 0 spiro atoms. The van der Waals surface area contributed by atoms with Crippen LogP contribution in [0.15, 0.2) is 0 Å². The molecule has 0 saturated carbocycles. The fraction of sp³-hybridized carbons (Fsp3) is 0.800. The zero-order valence-electron chi connectivity index (χ0n) is 7.40. The number of rotatable bonds is 7. The van der Waals surface area contributed by atoms with Crippen LogP contribution in [0.25, 0.3) is 0 Å². The first kappa shape index (κ1) is 10.0. The van der Waals surface area contributed by atoms with Crippen molar-refractivity contribution in [3.05, 3.63) is 12.8 Å². The molecule has 0 nitrogen and oxygen atoms in total. The van der Waals surface area contributed by atoms with Crippen molar-refractivity contribution >= 4 is 0 Å². The van der Waals surface area contributed by atoms with Gasteiger partial charge in [-0.1, -0.05) is 52.4 Å². The molecule has 0 aliphatic rings. The van der Waals surface area contributed by atoms with Gasteiger partial charge in [0.15, 0.2) is 0 Å². The fourth-order valence-corrected chi connectivity index (χ4v) is 1.05. The second-order valence-corrected chi connectivity index (χ2v) is 2.81. The SMILES string of the molecule is C[CH]CCCCCC[CH]C. The van der Waals surface area contributed by atoms with E-state index in [0.29, 0.717) is 0 Å². The van der Waals surface area contributed by atoms with E-state index in [0.717, 1.165) is 0 Å². The highest BCUT2D eigenvalue weighted by Crippen LogP contribution is 2.06. The lowest BCUT2D eigenvalue weighted by molar-refractivity contribution is 0.634. The summed E-state index contributed by atoms with van der Waals surface area (Å²) in [5.41, 5.74) is 0. The lowest BCUT2D eigenvalue weighted by atomic mass is 10.1. The van der Waals surface area contributed by atoms with Gasteiger partial charge in [-0.15, -0.1) is 0 Å². The van der Waals surface area contributed by atoms with E-state index in [4.69, 9.17) is 0 Å². The summed E-state index contributed by atoms with van der Waals surface area (Å²) in [7, 11) is 0. The van der Waals surface area contributed by atoms with E-state index in [2.05, 4.69) is 26.7 Å². The Balaban J connectivity index is 2.65. The molecule has 0 aliphatic heterocycles. The molecule has 0 aromatic heterocycles. The van der Waals surface area contributed by atoms with E-state index in [-0.39, 0.29) is 0 Å². The van der Waals surface area contributed by atoms with Crippen LogP contribution in [-0.2, 0) is 0 Å². The first-order valence-electron chi connectivity index (χ1n) is 4.47. The summed E-state index contributed by atoms with van der Waals surface area (Å²) in [6.07, 6.45) is 12.7. The average Bonchev–Trinajstić information content (AvgIpc) is 1.97. The van der Waals surface area contributed by atoms with Crippen LogP contribution in [0.1, 0.15) is 52.4 Å². The first-order valence-corrected chi connectivity index (χ1v) is 4.47. The molecule has 0 heterocycles. The summed E-state index contributed by atoms with van der Waals surface area (Å²) >= 11 is 0. The highest BCUT2D eigenvalue weighted by Gasteiger charge is 1.87. The minimum absolute atomic E-state index is 1.30. The van der Waals surface area contributed by atoms with Crippen molar-refractivity contribution < 1.29 is 0 Å². The van der Waals surface area contributed by atoms with Crippen molar-refractivity contribution in [2.75, 3.05) is 0 Å². The van der Waals surface area contributed by atoms with E-state index < -0.39 is 0 Å². The average molecular weight is 140 g/mol. The number of hydrogen-bond donors (Lipinski definition) is 0. The molecule has 10 heavy (non-hydrogen) atoms. The van der Waals surface area contributed by atoms with E-state index >= 15 is 0 Å². The van der Waals surface area contributed by atoms with Crippen molar-refractivity contribution in [1.82, 2.24) is 0 Å². The minimum Gasteiger partial charge on any atom is -0.0623 e. The molecule has 0 heteroatoms. The lowest BCUT2D eigenvalue weighted by Gasteiger charge is -1.97. The van der Waals surface area contributed by atoms with E-state index in [1.807, 2.05) is 0 Å². The van der Waals surface area contributed by atoms with Gasteiger partial charge in [-0.3, -0.25) is 0 Å². The van der Waals surface area contributed by atoms with Crippen LogP contribution in [0.5, 0.6) is 0 Å². The summed E-state index contributed by atoms with van der Waals surface area (Å²) in [5, 5.41) is 0. The van der Waals surface area contributed by atoms with Gasteiger partial charge in [0, 0.05) is 0 Å². The fourth-order valence-electron chi connectivity index (χ4n) is 1.05. The molecule has 0 atom stereocenters. The predicted octanol–water partition coefficient (Wildman–Crippen LogP) is 3.78. The molecule has 0 N–H and O–H groups in total. The highest BCUT2D eigenvalue weighted by molar-refractivity contribution is 4.58.